The van der Waals surface area contributed by atoms with Gasteiger partial charge in [0.25, 0.3) is 5.56 Å². The Labute approximate surface area is 140 Å². The lowest BCUT2D eigenvalue weighted by Crippen LogP contribution is -2.25. The molecule has 0 saturated carbocycles. The second-order valence-corrected chi connectivity index (χ2v) is 5.42. The second-order valence-electron chi connectivity index (χ2n) is 5.42. The highest BCUT2D eigenvalue weighted by Crippen LogP contribution is 2.28. The average molecular weight is 356 g/mol. The van der Waals surface area contributed by atoms with Crippen LogP contribution >= 0.6 is 0 Å². The largest absolute Gasteiger partial charge is 0.465 e. The van der Waals surface area contributed by atoms with E-state index in [2.05, 4.69) is 9.72 Å². The number of H-pyrrole nitrogens is 1. The van der Waals surface area contributed by atoms with Crippen molar-refractivity contribution < 1.29 is 27.5 Å². The van der Waals surface area contributed by atoms with Crippen LogP contribution in [-0.2, 0) is 17.5 Å². The predicted molar refractivity (Wildman–Crippen MR) is 81.6 cm³/mol. The number of ether oxygens (including phenoxy) is 1. The van der Waals surface area contributed by atoms with E-state index in [1.165, 1.54) is 14.0 Å². The highest BCUT2D eigenvalue weighted by molar-refractivity contribution is 6.01. The van der Waals surface area contributed by atoms with E-state index in [9.17, 15) is 27.6 Å². The third kappa shape index (κ3) is 3.65. The van der Waals surface area contributed by atoms with Gasteiger partial charge in [0.2, 0.25) is 0 Å². The van der Waals surface area contributed by atoms with Crippen molar-refractivity contribution in [1.29, 1.82) is 0 Å². The Balaban J connectivity index is 2.39. The number of aromatic amines is 1. The SMILES string of the molecule is COC(=O)c1c(C)[nH]c(C(=O)Cn2cc(C(F)(F)F)ccc2=O)c1C. The number of ketones is 1. The first kappa shape index (κ1) is 18.5. The number of nitrogens with one attached hydrogen (secondary N) is 1. The average Bonchev–Trinajstić information content (AvgIpc) is 2.82. The van der Waals surface area contributed by atoms with Gasteiger partial charge in [-0.05, 0) is 25.5 Å². The molecule has 2 rings (SSSR count). The summed E-state index contributed by atoms with van der Waals surface area (Å²) in [7, 11) is 1.19. The molecule has 9 heteroatoms. The van der Waals surface area contributed by atoms with E-state index in [0.717, 1.165) is 6.07 Å². The summed E-state index contributed by atoms with van der Waals surface area (Å²) in [6, 6.07) is 1.41. The molecule has 0 bridgehead atoms. The molecular formula is C16H15F3N2O4. The van der Waals surface area contributed by atoms with Crippen LogP contribution in [0.4, 0.5) is 13.2 Å². The van der Waals surface area contributed by atoms with Gasteiger partial charge >= 0.3 is 12.1 Å². The first-order valence-corrected chi connectivity index (χ1v) is 7.14. The number of carbonyl (C=O) groups excluding carboxylic acids is 2. The number of carbonyl (C=O) groups is 2. The van der Waals surface area contributed by atoms with Gasteiger partial charge in [-0.25, -0.2) is 4.79 Å². The standard InChI is InChI=1S/C16H15F3N2O4/c1-8-13(15(24)25-3)9(2)20-14(8)11(22)7-21-6-10(16(17,18)19)4-5-12(21)23/h4-6,20H,7H2,1-3H3. The molecule has 0 aromatic carbocycles. The summed E-state index contributed by atoms with van der Waals surface area (Å²) in [5, 5.41) is 0. The van der Waals surface area contributed by atoms with E-state index in [1.54, 1.807) is 6.92 Å². The molecule has 0 aliphatic heterocycles. The fourth-order valence-corrected chi connectivity index (χ4v) is 2.49. The lowest BCUT2D eigenvalue weighted by atomic mass is 10.1. The number of esters is 1. The van der Waals surface area contributed by atoms with Crippen molar-refractivity contribution in [2.75, 3.05) is 7.11 Å². The Kier molecular flexibility index (Phi) is 4.87. The second kappa shape index (κ2) is 6.58. The molecule has 2 aromatic heterocycles. The van der Waals surface area contributed by atoms with Gasteiger partial charge in [0.1, 0.15) is 0 Å². The summed E-state index contributed by atoms with van der Waals surface area (Å²) in [5.74, 6) is -1.27. The third-order valence-corrected chi connectivity index (χ3v) is 3.73. The molecule has 2 heterocycles. The number of nitrogens with zero attached hydrogens (tertiary/aromatic N) is 1. The maximum absolute atomic E-state index is 12.8. The number of alkyl halides is 3. The fourth-order valence-electron chi connectivity index (χ4n) is 2.49. The number of Topliss-reactive ketones (excluding diaryl/α,β-unsaturated/α-hetero) is 1. The van der Waals surface area contributed by atoms with Crippen LogP contribution in [0, 0.1) is 13.8 Å². The Bertz CT molecular complexity index is 894. The summed E-state index contributed by atoms with van der Waals surface area (Å²) in [5.41, 5.74) is -0.840. The molecule has 25 heavy (non-hydrogen) atoms. The molecular weight excluding hydrogens is 341 g/mol. The zero-order valence-electron chi connectivity index (χ0n) is 13.7. The van der Waals surface area contributed by atoms with Crippen LogP contribution in [-0.4, -0.2) is 28.4 Å². The van der Waals surface area contributed by atoms with Gasteiger partial charge in [0, 0.05) is 18.0 Å². The maximum Gasteiger partial charge on any atom is 0.417 e. The van der Waals surface area contributed by atoms with Crippen LogP contribution in [0.3, 0.4) is 0 Å². The maximum atomic E-state index is 12.8. The number of hydrogen-bond acceptors (Lipinski definition) is 4. The van der Waals surface area contributed by atoms with Gasteiger partial charge in [-0.3, -0.25) is 9.59 Å². The van der Waals surface area contributed by atoms with Gasteiger partial charge in [0.15, 0.2) is 5.78 Å². The van der Waals surface area contributed by atoms with E-state index in [-0.39, 0.29) is 11.3 Å². The number of halogens is 3. The molecule has 2 aromatic rings. The number of aryl methyl sites for hydroxylation is 1. The Morgan fingerprint density at radius 2 is 1.88 bits per heavy atom. The van der Waals surface area contributed by atoms with E-state index in [1.807, 2.05) is 0 Å². The molecule has 0 amide bonds. The quantitative estimate of drug-likeness (QED) is 0.674. The van der Waals surface area contributed by atoms with Crippen molar-refractivity contribution >= 4 is 11.8 Å². The van der Waals surface area contributed by atoms with Crippen LogP contribution in [0.1, 0.15) is 37.7 Å². The van der Waals surface area contributed by atoms with Gasteiger partial charge in [0.05, 0.1) is 30.5 Å². The van der Waals surface area contributed by atoms with Gasteiger partial charge in [-0.15, -0.1) is 0 Å². The lowest BCUT2D eigenvalue weighted by molar-refractivity contribution is -0.138. The van der Waals surface area contributed by atoms with Crippen molar-refractivity contribution in [3.05, 3.63) is 56.8 Å². The molecule has 0 spiro atoms. The fraction of sp³-hybridized carbons (Fsp3) is 0.312. The predicted octanol–water partition coefficient (Wildman–Crippen LogP) is 2.48. The van der Waals surface area contributed by atoms with Crippen LogP contribution in [0.2, 0.25) is 0 Å². The Morgan fingerprint density at radius 1 is 1.24 bits per heavy atom. The van der Waals surface area contributed by atoms with Crippen molar-refractivity contribution in [3.8, 4) is 0 Å². The molecule has 0 saturated heterocycles. The molecule has 0 radical (unpaired) electrons. The molecule has 1 N–H and O–H groups in total. The summed E-state index contributed by atoms with van der Waals surface area (Å²) < 4.78 is 43.6. The van der Waals surface area contributed by atoms with Gasteiger partial charge in [-0.1, -0.05) is 0 Å². The highest BCUT2D eigenvalue weighted by atomic mass is 19.4. The summed E-state index contributed by atoms with van der Waals surface area (Å²) >= 11 is 0. The van der Waals surface area contributed by atoms with Crippen molar-refractivity contribution in [2.24, 2.45) is 0 Å². The first-order valence-electron chi connectivity index (χ1n) is 7.14. The minimum absolute atomic E-state index is 0.0437. The molecule has 134 valence electrons. The monoisotopic (exact) mass is 356 g/mol. The van der Waals surface area contributed by atoms with Gasteiger partial charge in [-0.2, -0.15) is 13.2 Å². The minimum Gasteiger partial charge on any atom is -0.465 e. The zero-order chi connectivity index (χ0) is 18.9. The van der Waals surface area contributed by atoms with E-state index in [4.69, 9.17) is 0 Å². The van der Waals surface area contributed by atoms with Crippen LogP contribution in [0.15, 0.2) is 23.1 Å². The summed E-state index contributed by atoms with van der Waals surface area (Å²) in [6.07, 6.45) is -4.04. The highest BCUT2D eigenvalue weighted by Gasteiger charge is 2.31. The normalized spacial score (nSPS) is 11.4. The van der Waals surface area contributed by atoms with Crippen LogP contribution < -0.4 is 5.56 Å². The first-order chi connectivity index (χ1) is 11.6. The smallest absolute Gasteiger partial charge is 0.417 e. The molecule has 0 fully saturated rings. The molecule has 0 atom stereocenters. The lowest BCUT2D eigenvalue weighted by Gasteiger charge is -2.10. The number of pyridine rings is 1. The van der Waals surface area contributed by atoms with Gasteiger partial charge < -0.3 is 14.3 Å². The molecule has 0 aliphatic rings. The molecule has 6 nitrogen and oxygen atoms in total. The Morgan fingerprint density at radius 3 is 2.44 bits per heavy atom. The van der Waals surface area contributed by atoms with Crippen molar-refractivity contribution in [3.63, 3.8) is 0 Å². The minimum atomic E-state index is -4.63. The van der Waals surface area contributed by atoms with Crippen molar-refractivity contribution in [1.82, 2.24) is 9.55 Å². The summed E-state index contributed by atoms with van der Waals surface area (Å²) in [4.78, 5) is 38.6. The number of hydrogen-bond donors (Lipinski definition) is 1. The number of rotatable bonds is 4. The van der Waals surface area contributed by atoms with Crippen LogP contribution in [0.25, 0.3) is 0 Å². The van der Waals surface area contributed by atoms with E-state index >= 15 is 0 Å². The van der Waals surface area contributed by atoms with Crippen LogP contribution in [0.5, 0.6) is 0 Å². The zero-order valence-corrected chi connectivity index (χ0v) is 13.7. The van der Waals surface area contributed by atoms with E-state index < -0.39 is 35.6 Å². The Hall–Kier alpha value is -2.84. The molecule has 0 aliphatic carbocycles. The topological polar surface area (TPSA) is 81.2 Å². The molecule has 0 unspecified atom stereocenters. The third-order valence-electron chi connectivity index (χ3n) is 3.73. The number of methoxy groups -OCH3 is 1. The van der Waals surface area contributed by atoms with E-state index in [0.29, 0.717) is 28.1 Å². The summed E-state index contributed by atoms with van der Waals surface area (Å²) in [6.45, 7) is 2.48. The van der Waals surface area contributed by atoms with Crippen molar-refractivity contribution in [2.45, 2.75) is 26.6 Å². The number of aromatic nitrogens is 2.